The molecule has 2 fully saturated rings. The van der Waals surface area contributed by atoms with Gasteiger partial charge in [0.15, 0.2) is 15.0 Å². The number of rotatable bonds is 6. The van der Waals surface area contributed by atoms with E-state index in [4.69, 9.17) is 4.98 Å². The quantitative estimate of drug-likeness (QED) is 0.622. The molecule has 0 spiro atoms. The summed E-state index contributed by atoms with van der Waals surface area (Å²) in [6.07, 6.45) is 5.20. The van der Waals surface area contributed by atoms with Gasteiger partial charge in [-0.15, -0.1) is 11.3 Å². The lowest BCUT2D eigenvalue weighted by Gasteiger charge is -2.37. The first-order chi connectivity index (χ1) is 16.0. The Hall–Kier alpha value is -1.81. The summed E-state index contributed by atoms with van der Waals surface area (Å²) < 4.78 is 23.7. The van der Waals surface area contributed by atoms with Crippen molar-refractivity contribution in [2.24, 2.45) is 0 Å². The standard InChI is InChI=1S/C24H32N4O3S2/c29-23(17-26-11-13-27(14-12-26)20-10-15-33(30,31)18-20)28(16-19-6-2-1-3-7-19)24-25-21-8-4-5-9-22(21)32-24/h1-3,6-7,20H,4-5,8-18H2/t20-/m0/s1. The zero-order valence-corrected chi connectivity index (χ0v) is 20.6. The second kappa shape index (κ2) is 9.82. The molecule has 1 aromatic carbocycles. The molecule has 7 nitrogen and oxygen atoms in total. The summed E-state index contributed by atoms with van der Waals surface area (Å²) in [4.78, 5) is 26.1. The molecule has 0 radical (unpaired) electrons. The fourth-order valence-electron chi connectivity index (χ4n) is 5.11. The summed E-state index contributed by atoms with van der Waals surface area (Å²) in [6, 6.07) is 10.3. The van der Waals surface area contributed by atoms with Crippen molar-refractivity contribution in [3.05, 3.63) is 46.5 Å². The fourth-order valence-corrected chi connectivity index (χ4v) is 8.04. The number of carbonyl (C=O) groups is 1. The number of hydrogen-bond donors (Lipinski definition) is 0. The van der Waals surface area contributed by atoms with Crippen LogP contribution in [0.3, 0.4) is 0 Å². The third-order valence-corrected chi connectivity index (χ3v) is 9.97. The number of benzene rings is 1. The van der Waals surface area contributed by atoms with Crippen LogP contribution in [0.4, 0.5) is 5.13 Å². The molecule has 9 heteroatoms. The number of fused-ring (bicyclic) bond motifs is 1. The maximum absolute atomic E-state index is 13.5. The molecule has 0 bridgehead atoms. The molecular formula is C24H32N4O3S2. The van der Waals surface area contributed by atoms with Crippen LogP contribution in [0.2, 0.25) is 0 Å². The van der Waals surface area contributed by atoms with Crippen molar-refractivity contribution in [3.63, 3.8) is 0 Å². The Balaban J connectivity index is 1.25. The Morgan fingerprint density at radius 2 is 1.85 bits per heavy atom. The van der Waals surface area contributed by atoms with E-state index < -0.39 is 9.84 Å². The van der Waals surface area contributed by atoms with Crippen molar-refractivity contribution in [3.8, 4) is 0 Å². The third-order valence-electron chi connectivity index (χ3n) is 7.04. The van der Waals surface area contributed by atoms with Gasteiger partial charge in [0.05, 0.1) is 30.3 Å². The van der Waals surface area contributed by atoms with Gasteiger partial charge in [-0.2, -0.15) is 0 Å². The van der Waals surface area contributed by atoms with Crippen LogP contribution in [0.25, 0.3) is 0 Å². The highest BCUT2D eigenvalue weighted by Gasteiger charge is 2.34. The highest BCUT2D eigenvalue weighted by molar-refractivity contribution is 7.91. The number of nitrogens with zero attached hydrogens (tertiary/aromatic N) is 4. The minimum absolute atomic E-state index is 0.0850. The maximum atomic E-state index is 13.5. The Labute approximate surface area is 200 Å². The largest absolute Gasteiger partial charge is 0.297 e. The molecule has 5 rings (SSSR count). The van der Waals surface area contributed by atoms with Gasteiger partial charge in [0.1, 0.15) is 0 Å². The van der Waals surface area contributed by atoms with E-state index >= 15 is 0 Å². The highest BCUT2D eigenvalue weighted by atomic mass is 32.2. The summed E-state index contributed by atoms with van der Waals surface area (Å²) >= 11 is 1.68. The molecule has 2 aliphatic heterocycles. The van der Waals surface area contributed by atoms with Crippen molar-refractivity contribution in [1.29, 1.82) is 0 Å². The van der Waals surface area contributed by atoms with Crippen LogP contribution >= 0.6 is 11.3 Å². The van der Waals surface area contributed by atoms with Crippen molar-refractivity contribution >= 4 is 32.2 Å². The highest BCUT2D eigenvalue weighted by Crippen LogP contribution is 2.32. The normalized spacial score (nSPS) is 23.3. The van der Waals surface area contributed by atoms with Crippen molar-refractivity contribution in [2.75, 3.05) is 49.1 Å². The lowest BCUT2D eigenvalue weighted by atomic mass is 10.0. The minimum Gasteiger partial charge on any atom is -0.297 e. The fraction of sp³-hybridized carbons (Fsp3) is 0.583. The molecule has 3 aliphatic rings. The van der Waals surface area contributed by atoms with E-state index in [0.29, 0.717) is 18.8 Å². The van der Waals surface area contributed by atoms with Crippen LogP contribution in [-0.4, -0.2) is 79.4 Å². The summed E-state index contributed by atoms with van der Waals surface area (Å²) in [5.74, 6) is 0.676. The Kier molecular flexibility index (Phi) is 6.83. The van der Waals surface area contributed by atoms with Gasteiger partial charge in [0.2, 0.25) is 5.91 Å². The number of anilines is 1. The average Bonchev–Trinajstić information content (AvgIpc) is 3.41. The number of sulfone groups is 1. The Morgan fingerprint density at radius 3 is 2.55 bits per heavy atom. The average molecular weight is 489 g/mol. The summed E-state index contributed by atoms with van der Waals surface area (Å²) in [5, 5.41) is 0.825. The van der Waals surface area contributed by atoms with Gasteiger partial charge in [0.25, 0.3) is 0 Å². The van der Waals surface area contributed by atoms with Crippen LogP contribution in [0.15, 0.2) is 30.3 Å². The first-order valence-corrected chi connectivity index (χ1v) is 14.6. The zero-order valence-electron chi connectivity index (χ0n) is 19.0. The van der Waals surface area contributed by atoms with Crippen molar-refractivity contribution < 1.29 is 13.2 Å². The molecule has 178 valence electrons. The van der Waals surface area contributed by atoms with E-state index in [0.717, 1.165) is 56.1 Å². The van der Waals surface area contributed by atoms with Crippen molar-refractivity contribution in [2.45, 2.75) is 44.7 Å². The molecule has 0 N–H and O–H groups in total. The maximum Gasteiger partial charge on any atom is 0.243 e. The van der Waals surface area contributed by atoms with Crippen molar-refractivity contribution in [1.82, 2.24) is 14.8 Å². The van der Waals surface area contributed by atoms with E-state index in [9.17, 15) is 13.2 Å². The van der Waals surface area contributed by atoms with Crippen LogP contribution in [0, 0.1) is 0 Å². The number of hydrogen-bond acceptors (Lipinski definition) is 7. The smallest absolute Gasteiger partial charge is 0.243 e. The molecular weight excluding hydrogens is 456 g/mol. The van der Waals surface area contributed by atoms with E-state index in [-0.39, 0.29) is 17.7 Å². The van der Waals surface area contributed by atoms with E-state index in [2.05, 4.69) is 21.9 Å². The van der Waals surface area contributed by atoms with Crippen LogP contribution in [0.5, 0.6) is 0 Å². The molecule has 33 heavy (non-hydrogen) atoms. The van der Waals surface area contributed by atoms with Gasteiger partial charge in [-0.1, -0.05) is 30.3 Å². The third kappa shape index (κ3) is 5.48. The predicted molar refractivity (Wildman–Crippen MR) is 131 cm³/mol. The summed E-state index contributed by atoms with van der Waals surface area (Å²) in [7, 11) is -2.87. The molecule has 1 aliphatic carbocycles. The van der Waals surface area contributed by atoms with Crippen LogP contribution in [-0.2, 0) is 34.0 Å². The lowest BCUT2D eigenvalue weighted by molar-refractivity contribution is -0.120. The Morgan fingerprint density at radius 1 is 1.09 bits per heavy atom. The molecule has 1 aromatic heterocycles. The van der Waals surface area contributed by atoms with Gasteiger partial charge < -0.3 is 0 Å². The number of carbonyl (C=O) groups excluding carboxylic acids is 1. The number of piperazine rings is 1. The van der Waals surface area contributed by atoms with Crippen LogP contribution < -0.4 is 4.90 Å². The van der Waals surface area contributed by atoms with Gasteiger partial charge in [-0.05, 0) is 37.7 Å². The zero-order chi connectivity index (χ0) is 22.8. The van der Waals surface area contributed by atoms with Gasteiger partial charge in [0, 0.05) is 37.1 Å². The number of thiazole rings is 1. The molecule has 0 saturated carbocycles. The minimum atomic E-state index is -2.87. The topological polar surface area (TPSA) is 73.8 Å². The van der Waals surface area contributed by atoms with Gasteiger partial charge in [-0.3, -0.25) is 19.5 Å². The van der Waals surface area contributed by atoms with E-state index in [1.165, 1.54) is 23.4 Å². The first-order valence-electron chi connectivity index (χ1n) is 12.0. The molecule has 0 unspecified atom stereocenters. The number of aryl methyl sites for hydroxylation is 2. The number of amides is 1. The second-order valence-corrected chi connectivity index (χ2v) is 12.7. The molecule has 3 heterocycles. The summed E-state index contributed by atoms with van der Waals surface area (Å²) in [5.41, 5.74) is 2.28. The second-order valence-electron chi connectivity index (χ2n) is 9.41. The van der Waals surface area contributed by atoms with E-state index in [1.807, 2.05) is 23.1 Å². The van der Waals surface area contributed by atoms with Gasteiger partial charge >= 0.3 is 0 Å². The molecule has 2 aromatic rings. The summed E-state index contributed by atoms with van der Waals surface area (Å²) in [6.45, 7) is 4.11. The number of aromatic nitrogens is 1. The molecule has 2 saturated heterocycles. The van der Waals surface area contributed by atoms with E-state index in [1.54, 1.807) is 11.3 Å². The molecule has 1 amide bonds. The monoisotopic (exact) mass is 488 g/mol. The predicted octanol–water partition coefficient (Wildman–Crippen LogP) is 2.36. The lowest BCUT2D eigenvalue weighted by Crippen LogP contribution is -2.53. The Bertz CT molecular complexity index is 1050. The van der Waals surface area contributed by atoms with Crippen LogP contribution in [0.1, 0.15) is 35.4 Å². The first kappa shape index (κ1) is 23.0. The SMILES string of the molecule is O=C(CN1CCN([C@H]2CCS(=O)(=O)C2)CC1)N(Cc1ccccc1)c1nc2c(s1)CCCC2. The van der Waals surface area contributed by atoms with Gasteiger partial charge in [-0.25, -0.2) is 13.4 Å². The molecule has 1 atom stereocenters.